The summed E-state index contributed by atoms with van der Waals surface area (Å²) >= 11 is 0. The molecular weight excluding hydrogens is 366 g/mol. The summed E-state index contributed by atoms with van der Waals surface area (Å²) in [6.07, 6.45) is 1.84. The van der Waals surface area contributed by atoms with E-state index in [2.05, 4.69) is 5.32 Å². The molecule has 1 N–H and O–H groups in total. The van der Waals surface area contributed by atoms with Crippen LogP contribution in [0.1, 0.15) is 21.6 Å². The van der Waals surface area contributed by atoms with Crippen LogP contribution in [0.2, 0.25) is 0 Å². The molecule has 0 aliphatic carbocycles. The molecule has 4 rings (SSSR count). The largest absolute Gasteiger partial charge is 0.497 e. The quantitative estimate of drug-likeness (QED) is 0.705. The van der Waals surface area contributed by atoms with Crippen LogP contribution < -0.4 is 10.1 Å². The van der Waals surface area contributed by atoms with E-state index in [-0.39, 0.29) is 11.8 Å². The van der Waals surface area contributed by atoms with Crippen molar-refractivity contribution in [2.45, 2.75) is 25.7 Å². The third kappa shape index (κ3) is 4.01. The zero-order valence-electron chi connectivity index (χ0n) is 16.2. The molecule has 1 unspecified atom stereocenters. The Morgan fingerprint density at radius 1 is 1.07 bits per heavy atom. The van der Waals surface area contributed by atoms with Gasteiger partial charge in [-0.1, -0.05) is 42.5 Å². The Bertz CT molecular complexity index is 1010. The van der Waals surface area contributed by atoms with Gasteiger partial charge >= 0.3 is 0 Å². The Balaban J connectivity index is 1.53. The molecule has 6 nitrogen and oxygen atoms in total. The van der Waals surface area contributed by atoms with Gasteiger partial charge in [-0.2, -0.15) is 0 Å². The smallest absolute Gasteiger partial charge is 0.271 e. The van der Waals surface area contributed by atoms with E-state index < -0.39 is 6.04 Å². The molecular formula is C23H23N3O3. The number of nitrogens with one attached hydrogen (secondary N) is 1. The second kappa shape index (κ2) is 8.22. The van der Waals surface area contributed by atoms with Crippen LogP contribution in [0.3, 0.4) is 0 Å². The van der Waals surface area contributed by atoms with E-state index in [1.807, 2.05) is 71.4 Å². The van der Waals surface area contributed by atoms with E-state index >= 15 is 0 Å². The first-order valence-corrected chi connectivity index (χ1v) is 9.56. The molecule has 2 aromatic carbocycles. The normalized spacial score (nSPS) is 15.7. The number of carbonyl (C=O) groups is 2. The second-order valence-electron chi connectivity index (χ2n) is 7.05. The first-order valence-electron chi connectivity index (χ1n) is 9.56. The third-order valence-electron chi connectivity index (χ3n) is 5.15. The number of hydrogen-bond donors (Lipinski definition) is 1. The molecule has 6 heteroatoms. The number of fused-ring (bicyclic) bond motifs is 1. The lowest BCUT2D eigenvalue weighted by Crippen LogP contribution is -2.54. The minimum atomic E-state index is -0.576. The average Bonchev–Trinajstić information content (AvgIpc) is 3.24. The van der Waals surface area contributed by atoms with E-state index in [0.29, 0.717) is 25.3 Å². The van der Waals surface area contributed by atoms with Gasteiger partial charge in [-0.3, -0.25) is 9.59 Å². The van der Waals surface area contributed by atoms with Crippen molar-refractivity contribution >= 4 is 11.8 Å². The molecule has 1 aliphatic heterocycles. The van der Waals surface area contributed by atoms with Crippen LogP contribution in [0, 0.1) is 0 Å². The van der Waals surface area contributed by atoms with Gasteiger partial charge in [0.05, 0.1) is 13.7 Å². The highest BCUT2D eigenvalue weighted by molar-refractivity contribution is 5.97. The van der Waals surface area contributed by atoms with Gasteiger partial charge in [-0.05, 0) is 35.4 Å². The molecule has 148 valence electrons. The van der Waals surface area contributed by atoms with Crippen molar-refractivity contribution in [1.82, 2.24) is 14.8 Å². The van der Waals surface area contributed by atoms with Gasteiger partial charge in [0, 0.05) is 19.3 Å². The zero-order valence-corrected chi connectivity index (χ0v) is 16.2. The lowest BCUT2D eigenvalue weighted by Gasteiger charge is -2.35. The number of rotatable bonds is 6. The van der Waals surface area contributed by atoms with E-state index in [1.165, 1.54) is 0 Å². The van der Waals surface area contributed by atoms with E-state index in [0.717, 1.165) is 16.9 Å². The van der Waals surface area contributed by atoms with E-state index in [4.69, 9.17) is 4.74 Å². The highest BCUT2D eigenvalue weighted by Gasteiger charge is 2.36. The fourth-order valence-corrected chi connectivity index (χ4v) is 3.62. The SMILES string of the molecule is COc1cccc(CNC(=O)C2Cn3cccc3C(=O)N2Cc2ccccc2)c1. The van der Waals surface area contributed by atoms with Crippen LogP contribution >= 0.6 is 0 Å². The molecule has 0 radical (unpaired) electrons. The Hall–Kier alpha value is -3.54. The van der Waals surface area contributed by atoms with Gasteiger partial charge in [-0.25, -0.2) is 0 Å². The third-order valence-corrected chi connectivity index (χ3v) is 5.15. The maximum Gasteiger partial charge on any atom is 0.271 e. The van der Waals surface area contributed by atoms with Gasteiger partial charge in [0.15, 0.2) is 0 Å². The number of amides is 2. The molecule has 1 atom stereocenters. The maximum atomic E-state index is 13.1. The predicted molar refractivity (Wildman–Crippen MR) is 109 cm³/mol. The van der Waals surface area contributed by atoms with Gasteiger partial charge in [-0.15, -0.1) is 0 Å². The predicted octanol–water partition coefficient (Wildman–Crippen LogP) is 2.84. The highest BCUT2D eigenvalue weighted by Crippen LogP contribution is 2.21. The Kier molecular flexibility index (Phi) is 5.33. The fourth-order valence-electron chi connectivity index (χ4n) is 3.62. The van der Waals surface area contributed by atoms with Crippen molar-refractivity contribution in [2.75, 3.05) is 7.11 Å². The number of benzene rings is 2. The average molecular weight is 389 g/mol. The summed E-state index contributed by atoms with van der Waals surface area (Å²) in [5.74, 6) is 0.440. The van der Waals surface area contributed by atoms with E-state index in [1.54, 1.807) is 18.1 Å². The number of carbonyl (C=O) groups excluding carboxylic acids is 2. The molecule has 2 amide bonds. The van der Waals surface area contributed by atoms with Gasteiger partial charge in [0.2, 0.25) is 5.91 Å². The van der Waals surface area contributed by atoms with Crippen LogP contribution in [0.15, 0.2) is 72.9 Å². The Labute approximate surface area is 169 Å². The summed E-state index contributed by atoms with van der Waals surface area (Å²) in [5, 5.41) is 2.98. The second-order valence-corrected chi connectivity index (χ2v) is 7.05. The minimum absolute atomic E-state index is 0.133. The Morgan fingerprint density at radius 3 is 2.66 bits per heavy atom. The summed E-state index contributed by atoms with van der Waals surface area (Å²) in [4.78, 5) is 27.8. The van der Waals surface area contributed by atoms with Crippen LogP contribution in [0.5, 0.6) is 5.75 Å². The van der Waals surface area contributed by atoms with Crippen LogP contribution in [-0.4, -0.2) is 34.4 Å². The van der Waals surface area contributed by atoms with Crippen LogP contribution in [0.4, 0.5) is 0 Å². The monoisotopic (exact) mass is 389 g/mol. The Morgan fingerprint density at radius 2 is 1.86 bits per heavy atom. The number of aromatic nitrogens is 1. The molecule has 1 aromatic heterocycles. The summed E-state index contributed by atoms with van der Waals surface area (Å²) < 4.78 is 7.08. The molecule has 2 heterocycles. The summed E-state index contributed by atoms with van der Waals surface area (Å²) in [6, 6.07) is 20.4. The fraction of sp³-hybridized carbons (Fsp3) is 0.217. The van der Waals surface area contributed by atoms with Crippen molar-refractivity contribution in [2.24, 2.45) is 0 Å². The summed E-state index contributed by atoms with van der Waals surface area (Å²) in [5.41, 5.74) is 2.54. The lowest BCUT2D eigenvalue weighted by molar-refractivity contribution is -0.126. The summed E-state index contributed by atoms with van der Waals surface area (Å²) in [6.45, 7) is 1.20. The van der Waals surface area contributed by atoms with Crippen LogP contribution in [-0.2, 0) is 24.4 Å². The number of nitrogens with zero attached hydrogens (tertiary/aromatic N) is 2. The zero-order chi connectivity index (χ0) is 20.2. The van der Waals surface area contributed by atoms with Crippen molar-refractivity contribution in [1.29, 1.82) is 0 Å². The van der Waals surface area contributed by atoms with Crippen molar-refractivity contribution in [3.8, 4) is 5.75 Å². The molecule has 0 saturated carbocycles. The van der Waals surface area contributed by atoms with Gasteiger partial charge in [0.1, 0.15) is 17.5 Å². The lowest BCUT2D eigenvalue weighted by atomic mass is 10.1. The molecule has 0 saturated heterocycles. The van der Waals surface area contributed by atoms with Crippen molar-refractivity contribution in [3.05, 3.63) is 89.7 Å². The number of methoxy groups -OCH3 is 1. The van der Waals surface area contributed by atoms with Crippen LogP contribution in [0.25, 0.3) is 0 Å². The van der Waals surface area contributed by atoms with E-state index in [9.17, 15) is 9.59 Å². The topological polar surface area (TPSA) is 63.6 Å². The molecule has 1 aliphatic rings. The van der Waals surface area contributed by atoms with Crippen molar-refractivity contribution in [3.63, 3.8) is 0 Å². The maximum absolute atomic E-state index is 13.1. The van der Waals surface area contributed by atoms with Gasteiger partial charge in [0.25, 0.3) is 5.91 Å². The van der Waals surface area contributed by atoms with Gasteiger partial charge < -0.3 is 19.5 Å². The standard InChI is InChI=1S/C23H23N3O3/c1-29-19-10-5-9-18(13-19)14-24-22(27)21-16-25-12-6-11-20(25)23(28)26(21)15-17-7-3-2-4-8-17/h2-13,21H,14-16H2,1H3,(H,24,27). The first kappa shape index (κ1) is 18.8. The minimum Gasteiger partial charge on any atom is -0.497 e. The first-order chi connectivity index (χ1) is 14.2. The highest BCUT2D eigenvalue weighted by atomic mass is 16.5. The van der Waals surface area contributed by atoms with Crippen molar-refractivity contribution < 1.29 is 14.3 Å². The summed E-state index contributed by atoms with van der Waals surface area (Å²) in [7, 11) is 1.61. The number of hydrogen-bond acceptors (Lipinski definition) is 3. The molecule has 3 aromatic rings. The number of ether oxygens (including phenoxy) is 1. The molecule has 29 heavy (non-hydrogen) atoms. The molecule has 0 bridgehead atoms. The molecule has 0 spiro atoms. The molecule has 0 fully saturated rings.